The molecule has 118 valence electrons. The van der Waals surface area contributed by atoms with Crippen molar-refractivity contribution in [3.05, 3.63) is 23.9 Å². The Bertz CT molecular complexity index is 383. The minimum atomic E-state index is -0.613. The molecule has 0 rings (SSSR count). The van der Waals surface area contributed by atoms with Crippen molar-refractivity contribution in [1.29, 1.82) is 5.26 Å². The van der Waals surface area contributed by atoms with E-state index in [1.165, 1.54) is 6.08 Å². The number of carbonyl (C=O) groups is 1. The van der Waals surface area contributed by atoms with Crippen LogP contribution in [0.25, 0.3) is 0 Å². The van der Waals surface area contributed by atoms with Gasteiger partial charge in [0.1, 0.15) is 18.2 Å². The van der Waals surface area contributed by atoms with Gasteiger partial charge in [0.2, 0.25) is 0 Å². The molecule has 0 aliphatic heterocycles. The molecule has 0 aliphatic rings. The van der Waals surface area contributed by atoms with Gasteiger partial charge >= 0.3 is 5.97 Å². The van der Waals surface area contributed by atoms with Gasteiger partial charge in [-0.15, -0.1) is 0 Å². The van der Waals surface area contributed by atoms with Crippen LogP contribution in [0.3, 0.4) is 0 Å². The van der Waals surface area contributed by atoms with Gasteiger partial charge in [0.15, 0.2) is 0 Å². The number of rotatable bonds is 11. The van der Waals surface area contributed by atoms with Gasteiger partial charge in [-0.2, -0.15) is 5.26 Å². The van der Waals surface area contributed by atoms with Crippen molar-refractivity contribution in [3.8, 4) is 6.07 Å². The number of carbonyl (C=O) groups excluding carboxylic acids is 1. The fraction of sp³-hybridized carbons (Fsp3) is 0.625. The van der Waals surface area contributed by atoms with E-state index in [0.29, 0.717) is 13.2 Å². The van der Waals surface area contributed by atoms with Crippen LogP contribution in [-0.4, -0.2) is 43.8 Å². The SMILES string of the molecule is CCCCN(/C=C/C=C(\C#N)C(=O)OCCOCC)CC. The molecule has 0 spiro atoms. The van der Waals surface area contributed by atoms with E-state index in [9.17, 15) is 4.79 Å². The summed E-state index contributed by atoms with van der Waals surface area (Å²) in [6, 6.07) is 1.85. The number of esters is 1. The molecule has 0 saturated heterocycles. The van der Waals surface area contributed by atoms with Crippen LogP contribution < -0.4 is 0 Å². The van der Waals surface area contributed by atoms with E-state index < -0.39 is 5.97 Å². The second-order valence-corrected chi connectivity index (χ2v) is 4.35. The van der Waals surface area contributed by atoms with Crippen LogP contribution in [0.15, 0.2) is 23.9 Å². The predicted octanol–water partition coefficient (Wildman–Crippen LogP) is 2.65. The Kier molecular flexibility index (Phi) is 12.1. The molecule has 0 aromatic rings. The average Bonchev–Trinajstić information content (AvgIpc) is 2.50. The minimum absolute atomic E-state index is 0.00528. The van der Waals surface area contributed by atoms with Gasteiger partial charge in [-0.25, -0.2) is 4.79 Å². The summed E-state index contributed by atoms with van der Waals surface area (Å²) in [5.74, 6) is -0.613. The van der Waals surface area contributed by atoms with E-state index >= 15 is 0 Å². The molecule has 0 bridgehead atoms. The van der Waals surface area contributed by atoms with Gasteiger partial charge < -0.3 is 14.4 Å². The van der Waals surface area contributed by atoms with Crippen molar-refractivity contribution < 1.29 is 14.3 Å². The number of unbranched alkanes of at least 4 members (excludes halogenated alkanes) is 1. The van der Waals surface area contributed by atoms with E-state index in [-0.39, 0.29) is 12.2 Å². The molecule has 0 heterocycles. The summed E-state index contributed by atoms with van der Waals surface area (Å²) in [6.45, 7) is 9.02. The first kappa shape index (κ1) is 19.2. The zero-order valence-electron chi connectivity index (χ0n) is 13.3. The summed E-state index contributed by atoms with van der Waals surface area (Å²) in [5, 5.41) is 8.97. The molecule has 0 aromatic carbocycles. The molecule has 5 heteroatoms. The second kappa shape index (κ2) is 13.2. The zero-order valence-corrected chi connectivity index (χ0v) is 13.3. The van der Waals surface area contributed by atoms with Crippen molar-refractivity contribution >= 4 is 5.97 Å². The molecule has 0 radical (unpaired) electrons. The lowest BCUT2D eigenvalue weighted by Gasteiger charge is -2.16. The van der Waals surface area contributed by atoms with Gasteiger partial charge in [-0.1, -0.05) is 13.3 Å². The van der Waals surface area contributed by atoms with Crippen molar-refractivity contribution in [2.45, 2.75) is 33.6 Å². The number of nitrogens with zero attached hydrogens (tertiary/aromatic N) is 2. The molecule has 0 unspecified atom stereocenters. The van der Waals surface area contributed by atoms with E-state index in [1.54, 1.807) is 6.08 Å². The first-order valence-corrected chi connectivity index (χ1v) is 7.47. The first-order valence-electron chi connectivity index (χ1n) is 7.47. The molecule has 0 saturated carbocycles. The lowest BCUT2D eigenvalue weighted by molar-refractivity contribution is -0.140. The molecule has 0 N–H and O–H groups in total. The maximum atomic E-state index is 11.6. The van der Waals surface area contributed by atoms with Crippen molar-refractivity contribution in [1.82, 2.24) is 4.90 Å². The van der Waals surface area contributed by atoms with Gasteiger partial charge in [-0.05, 0) is 38.6 Å². The average molecular weight is 294 g/mol. The summed E-state index contributed by atoms with van der Waals surface area (Å²) >= 11 is 0. The van der Waals surface area contributed by atoms with Crippen LogP contribution in [0.2, 0.25) is 0 Å². The van der Waals surface area contributed by atoms with E-state index in [4.69, 9.17) is 14.7 Å². The van der Waals surface area contributed by atoms with Crippen LogP contribution >= 0.6 is 0 Å². The van der Waals surface area contributed by atoms with E-state index in [0.717, 1.165) is 25.9 Å². The van der Waals surface area contributed by atoms with Crippen molar-refractivity contribution in [2.24, 2.45) is 0 Å². The number of hydrogen-bond donors (Lipinski definition) is 0. The van der Waals surface area contributed by atoms with Crippen LogP contribution in [0.1, 0.15) is 33.6 Å². The standard InChI is InChI=1S/C16H26N2O3/c1-4-7-10-18(5-2)11-8-9-15(14-17)16(19)21-13-12-20-6-3/h8-9,11H,4-7,10,12-13H2,1-3H3/b11-8+,15-9+. The second-order valence-electron chi connectivity index (χ2n) is 4.35. The molecule has 21 heavy (non-hydrogen) atoms. The number of nitriles is 1. The van der Waals surface area contributed by atoms with Gasteiger partial charge in [0.05, 0.1) is 6.61 Å². The predicted molar refractivity (Wildman–Crippen MR) is 82.4 cm³/mol. The monoisotopic (exact) mass is 294 g/mol. The summed E-state index contributed by atoms with van der Waals surface area (Å²) in [6.07, 6.45) is 7.34. The molecule has 0 aliphatic carbocycles. The third-order valence-electron chi connectivity index (χ3n) is 2.77. The lowest BCUT2D eigenvalue weighted by Crippen LogP contribution is -2.17. The molecular formula is C16H26N2O3. The minimum Gasteiger partial charge on any atom is -0.459 e. The number of hydrogen-bond acceptors (Lipinski definition) is 5. The van der Waals surface area contributed by atoms with Crippen LogP contribution in [0.5, 0.6) is 0 Å². The third kappa shape index (κ3) is 9.69. The van der Waals surface area contributed by atoms with Crippen LogP contribution in [-0.2, 0) is 14.3 Å². The number of ether oxygens (including phenoxy) is 2. The Morgan fingerprint density at radius 2 is 2.05 bits per heavy atom. The molecule has 0 atom stereocenters. The third-order valence-corrected chi connectivity index (χ3v) is 2.77. The summed E-state index contributed by atoms with van der Waals surface area (Å²) in [5.41, 5.74) is -0.00528. The number of allylic oxidation sites excluding steroid dienone is 2. The van der Waals surface area contributed by atoms with Crippen molar-refractivity contribution in [2.75, 3.05) is 32.9 Å². The Morgan fingerprint density at radius 3 is 2.62 bits per heavy atom. The van der Waals surface area contributed by atoms with Crippen LogP contribution in [0, 0.1) is 11.3 Å². The van der Waals surface area contributed by atoms with Gasteiger partial charge in [0.25, 0.3) is 0 Å². The first-order chi connectivity index (χ1) is 10.2. The van der Waals surface area contributed by atoms with Crippen LogP contribution in [0.4, 0.5) is 0 Å². The largest absolute Gasteiger partial charge is 0.459 e. The van der Waals surface area contributed by atoms with Gasteiger partial charge in [-0.3, -0.25) is 0 Å². The summed E-state index contributed by atoms with van der Waals surface area (Å²) in [7, 11) is 0. The molecule has 0 aromatic heterocycles. The topological polar surface area (TPSA) is 62.6 Å². The Labute approximate surface area is 127 Å². The quantitative estimate of drug-likeness (QED) is 0.193. The molecule has 5 nitrogen and oxygen atoms in total. The van der Waals surface area contributed by atoms with E-state index in [1.807, 2.05) is 19.2 Å². The maximum absolute atomic E-state index is 11.6. The molecule has 0 fully saturated rings. The maximum Gasteiger partial charge on any atom is 0.348 e. The Morgan fingerprint density at radius 1 is 1.29 bits per heavy atom. The highest BCUT2D eigenvalue weighted by Gasteiger charge is 2.08. The Hall–Kier alpha value is -1.80. The lowest BCUT2D eigenvalue weighted by atomic mass is 10.2. The summed E-state index contributed by atoms with van der Waals surface area (Å²) in [4.78, 5) is 13.8. The van der Waals surface area contributed by atoms with Crippen molar-refractivity contribution in [3.63, 3.8) is 0 Å². The fourth-order valence-electron chi connectivity index (χ4n) is 1.53. The van der Waals surface area contributed by atoms with E-state index in [2.05, 4.69) is 18.7 Å². The smallest absolute Gasteiger partial charge is 0.348 e. The Balaban J connectivity index is 4.36. The molecular weight excluding hydrogens is 268 g/mol. The summed E-state index contributed by atoms with van der Waals surface area (Å²) < 4.78 is 10.0. The highest BCUT2D eigenvalue weighted by molar-refractivity contribution is 5.93. The normalized spacial score (nSPS) is 11.4. The molecule has 0 amide bonds. The fourth-order valence-corrected chi connectivity index (χ4v) is 1.53. The highest BCUT2D eigenvalue weighted by Crippen LogP contribution is 2.00. The van der Waals surface area contributed by atoms with Gasteiger partial charge in [0, 0.05) is 19.7 Å². The highest BCUT2D eigenvalue weighted by atomic mass is 16.6. The zero-order chi connectivity index (χ0) is 15.9.